The molecule has 1 aliphatic carbocycles. The molecular weight excluding hydrogens is 398 g/mol. The van der Waals surface area contributed by atoms with Crippen LogP contribution in [0.4, 0.5) is 5.69 Å². The van der Waals surface area contributed by atoms with Crippen LogP contribution in [0.5, 0.6) is 0 Å². The Labute approximate surface area is 186 Å². The number of carbonyl (C=O) groups is 1. The molecule has 158 valence electrons. The Morgan fingerprint density at radius 1 is 1.19 bits per heavy atom. The van der Waals surface area contributed by atoms with E-state index in [4.69, 9.17) is 0 Å². The second-order valence-electron chi connectivity index (χ2n) is 8.54. The van der Waals surface area contributed by atoms with Gasteiger partial charge in [0.25, 0.3) is 5.91 Å². The summed E-state index contributed by atoms with van der Waals surface area (Å²) >= 11 is 0. The van der Waals surface area contributed by atoms with E-state index in [2.05, 4.69) is 38.3 Å². The monoisotopic (exact) mass is 421 g/mol. The molecule has 2 aromatic carbocycles. The van der Waals surface area contributed by atoms with Crippen molar-refractivity contribution in [1.82, 2.24) is 14.8 Å². The molecule has 0 radical (unpaired) electrons. The van der Waals surface area contributed by atoms with Gasteiger partial charge in [-0.2, -0.15) is 10.4 Å². The number of amides is 1. The summed E-state index contributed by atoms with van der Waals surface area (Å²) in [6.45, 7) is 3.98. The van der Waals surface area contributed by atoms with Gasteiger partial charge in [-0.05, 0) is 65.9 Å². The average molecular weight is 422 g/mol. The topological polar surface area (TPSA) is 83.6 Å². The predicted octanol–water partition coefficient (Wildman–Crippen LogP) is 5.41. The molecule has 2 aromatic heterocycles. The average Bonchev–Trinajstić information content (AvgIpc) is 3.50. The Kier molecular flexibility index (Phi) is 4.95. The molecule has 2 heterocycles. The van der Waals surface area contributed by atoms with Gasteiger partial charge >= 0.3 is 0 Å². The molecule has 0 spiro atoms. The van der Waals surface area contributed by atoms with Crippen LogP contribution in [0.3, 0.4) is 0 Å². The molecule has 1 N–H and O–H groups in total. The standard InChI is InChI=1S/C26H23N5O/c1-16(2)25-18(14-27)4-3-5-21(25)26(32)30-20-7-6-19-15-29-31(23(19)12-20)24-13-22(24)17-8-10-28-11-9-17/h3-12,15-16,22,24H,13H2,1-2H3,(H,30,32). The lowest BCUT2D eigenvalue weighted by Gasteiger charge is -2.14. The fourth-order valence-electron chi connectivity index (χ4n) is 4.48. The van der Waals surface area contributed by atoms with E-state index >= 15 is 0 Å². The maximum atomic E-state index is 13.1. The van der Waals surface area contributed by atoms with Crippen LogP contribution in [0.15, 0.2) is 67.1 Å². The summed E-state index contributed by atoms with van der Waals surface area (Å²) in [6, 6.07) is 17.8. The third kappa shape index (κ3) is 3.52. The van der Waals surface area contributed by atoms with Crippen LogP contribution < -0.4 is 5.32 Å². The molecule has 0 bridgehead atoms. The highest BCUT2D eigenvalue weighted by Gasteiger charge is 2.41. The third-order valence-corrected chi connectivity index (χ3v) is 6.11. The predicted molar refractivity (Wildman–Crippen MR) is 124 cm³/mol. The number of hydrogen-bond acceptors (Lipinski definition) is 4. The van der Waals surface area contributed by atoms with Crippen molar-refractivity contribution >= 4 is 22.5 Å². The van der Waals surface area contributed by atoms with Gasteiger partial charge in [-0.15, -0.1) is 0 Å². The number of rotatable bonds is 5. The SMILES string of the molecule is CC(C)c1c(C#N)cccc1C(=O)Nc1ccc2cnn(C3CC3c3ccncc3)c2c1. The van der Waals surface area contributed by atoms with Gasteiger partial charge in [0.15, 0.2) is 0 Å². The van der Waals surface area contributed by atoms with Crippen molar-refractivity contribution < 1.29 is 4.79 Å². The quantitative estimate of drug-likeness (QED) is 0.467. The number of nitrogens with zero attached hydrogens (tertiary/aromatic N) is 4. The second-order valence-corrected chi connectivity index (χ2v) is 8.54. The lowest BCUT2D eigenvalue weighted by molar-refractivity contribution is 0.102. The Bertz CT molecular complexity index is 1350. The third-order valence-electron chi connectivity index (χ3n) is 6.11. The van der Waals surface area contributed by atoms with Crippen LogP contribution >= 0.6 is 0 Å². The highest BCUT2D eigenvalue weighted by atomic mass is 16.1. The van der Waals surface area contributed by atoms with Crippen molar-refractivity contribution in [2.24, 2.45) is 0 Å². The first kappa shape index (κ1) is 20.0. The maximum Gasteiger partial charge on any atom is 0.255 e. The second kappa shape index (κ2) is 7.93. The lowest BCUT2D eigenvalue weighted by Crippen LogP contribution is -2.16. The highest BCUT2D eigenvalue weighted by molar-refractivity contribution is 6.06. The zero-order valence-electron chi connectivity index (χ0n) is 18.0. The van der Waals surface area contributed by atoms with Crippen LogP contribution in [0, 0.1) is 11.3 Å². The van der Waals surface area contributed by atoms with Crippen molar-refractivity contribution in [3.05, 3.63) is 89.4 Å². The number of anilines is 1. The zero-order chi connectivity index (χ0) is 22.2. The minimum atomic E-state index is -0.211. The van der Waals surface area contributed by atoms with E-state index < -0.39 is 0 Å². The Hall–Kier alpha value is -3.98. The molecule has 1 saturated carbocycles. The number of carbonyl (C=O) groups excluding carboxylic acids is 1. The summed E-state index contributed by atoms with van der Waals surface area (Å²) in [4.78, 5) is 17.2. The van der Waals surface area contributed by atoms with E-state index in [1.807, 2.05) is 50.6 Å². The number of fused-ring (bicyclic) bond motifs is 1. The van der Waals surface area contributed by atoms with Gasteiger partial charge in [0, 0.05) is 34.9 Å². The molecule has 6 nitrogen and oxygen atoms in total. The molecule has 0 aliphatic heterocycles. The first-order chi connectivity index (χ1) is 15.6. The number of nitriles is 1. The summed E-state index contributed by atoms with van der Waals surface area (Å²) in [5, 5.41) is 18.1. The van der Waals surface area contributed by atoms with Gasteiger partial charge in [0.05, 0.1) is 29.4 Å². The number of nitrogens with one attached hydrogen (secondary N) is 1. The number of aromatic nitrogens is 3. The highest BCUT2D eigenvalue weighted by Crippen LogP contribution is 2.51. The Morgan fingerprint density at radius 3 is 2.75 bits per heavy atom. The summed E-state index contributed by atoms with van der Waals surface area (Å²) in [5.41, 5.74) is 4.83. The van der Waals surface area contributed by atoms with Gasteiger partial charge in [0.1, 0.15) is 0 Å². The number of hydrogen-bond donors (Lipinski definition) is 1. The molecule has 2 atom stereocenters. The molecule has 1 aliphatic rings. The molecule has 4 aromatic rings. The van der Waals surface area contributed by atoms with Crippen LogP contribution in [-0.2, 0) is 0 Å². The Morgan fingerprint density at radius 2 is 2.00 bits per heavy atom. The lowest BCUT2D eigenvalue weighted by atomic mass is 9.92. The summed E-state index contributed by atoms with van der Waals surface area (Å²) in [7, 11) is 0. The molecule has 1 amide bonds. The van der Waals surface area contributed by atoms with Crippen molar-refractivity contribution in [3.8, 4) is 6.07 Å². The molecule has 6 heteroatoms. The van der Waals surface area contributed by atoms with Gasteiger partial charge in [0.2, 0.25) is 0 Å². The van der Waals surface area contributed by atoms with Gasteiger partial charge in [-0.1, -0.05) is 19.9 Å². The minimum Gasteiger partial charge on any atom is -0.322 e. The molecule has 0 saturated heterocycles. The van der Waals surface area contributed by atoms with Gasteiger partial charge in [-0.25, -0.2) is 0 Å². The van der Waals surface area contributed by atoms with E-state index in [1.54, 1.807) is 18.2 Å². The minimum absolute atomic E-state index is 0.0653. The smallest absolute Gasteiger partial charge is 0.255 e. The first-order valence-electron chi connectivity index (χ1n) is 10.8. The van der Waals surface area contributed by atoms with Crippen LogP contribution in [-0.4, -0.2) is 20.7 Å². The van der Waals surface area contributed by atoms with E-state index in [0.29, 0.717) is 28.8 Å². The summed E-state index contributed by atoms with van der Waals surface area (Å²) in [5.74, 6) is 0.287. The van der Waals surface area contributed by atoms with Crippen molar-refractivity contribution in [2.75, 3.05) is 5.32 Å². The van der Waals surface area contributed by atoms with Crippen LogP contribution in [0.2, 0.25) is 0 Å². The largest absolute Gasteiger partial charge is 0.322 e. The van der Waals surface area contributed by atoms with Crippen LogP contribution in [0.25, 0.3) is 10.9 Å². The van der Waals surface area contributed by atoms with E-state index in [9.17, 15) is 10.1 Å². The first-order valence-corrected chi connectivity index (χ1v) is 10.8. The van der Waals surface area contributed by atoms with E-state index in [1.165, 1.54) is 5.56 Å². The molecular formula is C26H23N5O. The van der Waals surface area contributed by atoms with Crippen molar-refractivity contribution in [3.63, 3.8) is 0 Å². The van der Waals surface area contributed by atoms with Gasteiger partial charge in [-0.3, -0.25) is 14.5 Å². The van der Waals surface area contributed by atoms with Gasteiger partial charge < -0.3 is 5.32 Å². The fourth-order valence-corrected chi connectivity index (χ4v) is 4.48. The zero-order valence-corrected chi connectivity index (χ0v) is 18.0. The van der Waals surface area contributed by atoms with Crippen molar-refractivity contribution in [1.29, 1.82) is 5.26 Å². The Balaban J connectivity index is 1.43. The number of pyridine rings is 1. The summed E-state index contributed by atoms with van der Waals surface area (Å²) in [6.07, 6.45) is 6.56. The fraction of sp³-hybridized carbons (Fsp3) is 0.231. The van der Waals surface area contributed by atoms with Crippen molar-refractivity contribution in [2.45, 2.75) is 38.1 Å². The molecule has 32 heavy (non-hydrogen) atoms. The van der Waals surface area contributed by atoms with E-state index in [0.717, 1.165) is 22.9 Å². The molecule has 5 rings (SSSR count). The van der Waals surface area contributed by atoms with Crippen LogP contribution in [0.1, 0.15) is 65.2 Å². The number of benzene rings is 2. The molecule has 2 unspecified atom stereocenters. The normalized spacial score (nSPS) is 17.3. The van der Waals surface area contributed by atoms with E-state index in [-0.39, 0.29) is 11.8 Å². The maximum absolute atomic E-state index is 13.1. The molecule has 1 fully saturated rings. The summed E-state index contributed by atoms with van der Waals surface area (Å²) < 4.78 is 2.06.